The van der Waals surface area contributed by atoms with E-state index in [0.717, 1.165) is 18.2 Å². The van der Waals surface area contributed by atoms with Crippen LogP contribution >= 0.6 is 0 Å². The van der Waals surface area contributed by atoms with Crippen LogP contribution in [0, 0.1) is 5.92 Å². The van der Waals surface area contributed by atoms with Crippen LogP contribution in [0.4, 0.5) is 0 Å². The van der Waals surface area contributed by atoms with Gasteiger partial charge in [-0.3, -0.25) is 9.97 Å². The van der Waals surface area contributed by atoms with Gasteiger partial charge in [0.2, 0.25) is 5.88 Å². The topological polar surface area (TPSA) is 51.1 Å². The van der Waals surface area contributed by atoms with Gasteiger partial charge in [-0.1, -0.05) is 0 Å². The Morgan fingerprint density at radius 2 is 2.09 bits per heavy atom. The van der Waals surface area contributed by atoms with Crippen molar-refractivity contribution in [3.05, 3.63) is 42.6 Å². The van der Waals surface area contributed by atoms with Crippen LogP contribution < -0.4 is 4.74 Å². The highest BCUT2D eigenvalue weighted by atomic mass is 16.5. The standard InChI is InChI=1S/C18H22N4O/c1-4-16(9-19-7-1)23-18-11-20-10-17(21-18)15-3-2-8-22(13-15)12-14-5-6-14/h1,4,7,9-11,14-15H,2-3,5-6,8,12-13H2. The molecule has 0 N–H and O–H groups in total. The lowest BCUT2D eigenvalue weighted by Crippen LogP contribution is -2.36. The normalized spacial score (nSPS) is 22.0. The van der Waals surface area contributed by atoms with Crippen molar-refractivity contribution in [1.82, 2.24) is 19.9 Å². The predicted molar refractivity (Wildman–Crippen MR) is 87.5 cm³/mol. The fourth-order valence-electron chi connectivity index (χ4n) is 3.26. The summed E-state index contributed by atoms with van der Waals surface area (Å²) in [6, 6.07) is 3.73. The lowest BCUT2D eigenvalue weighted by molar-refractivity contribution is 0.198. The predicted octanol–water partition coefficient (Wildman–Crippen LogP) is 3.25. The number of rotatable bonds is 5. The number of nitrogens with zero attached hydrogens (tertiary/aromatic N) is 4. The van der Waals surface area contributed by atoms with Crippen molar-refractivity contribution in [1.29, 1.82) is 0 Å². The van der Waals surface area contributed by atoms with Crippen molar-refractivity contribution in [2.24, 2.45) is 5.92 Å². The van der Waals surface area contributed by atoms with Crippen molar-refractivity contribution in [2.75, 3.05) is 19.6 Å². The Balaban J connectivity index is 1.44. The first-order valence-corrected chi connectivity index (χ1v) is 8.49. The number of hydrogen-bond acceptors (Lipinski definition) is 5. The molecule has 1 saturated carbocycles. The minimum atomic E-state index is 0.465. The molecule has 0 bridgehead atoms. The first-order chi connectivity index (χ1) is 11.4. The summed E-state index contributed by atoms with van der Waals surface area (Å²) in [5, 5.41) is 0. The van der Waals surface area contributed by atoms with Gasteiger partial charge in [0.05, 0.1) is 18.1 Å². The molecule has 2 fully saturated rings. The molecule has 0 radical (unpaired) electrons. The number of aromatic nitrogens is 3. The summed E-state index contributed by atoms with van der Waals surface area (Å²) in [7, 11) is 0. The van der Waals surface area contributed by atoms with Gasteiger partial charge in [0.15, 0.2) is 0 Å². The number of piperidine rings is 1. The van der Waals surface area contributed by atoms with Crippen LogP contribution in [0.15, 0.2) is 36.9 Å². The van der Waals surface area contributed by atoms with Gasteiger partial charge in [-0.15, -0.1) is 0 Å². The molecular weight excluding hydrogens is 288 g/mol. The molecule has 1 unspecified atom stereocenters. The Labute approximate surface area is 136 Å². The maximum atomic E-state index is 5.76. The van der Waals surface area contributed by atoms with E-state index in [-0.39, 0.29) is 0 Å². The fraction of sp³-hybridized carbons (Fsp3) is 0.500. The van der Waals surface area contributed by atoms with Crippen molar-refractivity contribution in [3.8, 4) is 11.6 Å². The Hall–Kier alpha value is -2.01. The van der Waals surface area contributed by atoms with Gasteiger partial charge < -0.3 is 9.64 Å². The largest absolute Gasteiger partial charge is 0.436 e. The molecule has 1 atom stereocenters. The summed E-state index contributed by atoms with van der Waals surface area (Å²) >= 11 is 0. The van der Waals surface area contributed by atoms with Crippen LogP contribution in [0.2, 0.25) is 0 Å². The number of hydrogen-bond donors (Lipinski definition) is 0. The average Bonchev–Trinajstić information content (AvgIpc) is 3.40. The zero-order valence-corrected chi connectivity index (χ0v) is 13.3. The summed E-state index contributed by atoms with van der Waals surface area (Å²) < 4.78 is 5.76. The van der Waals surface area contributed by atoms with E-state index in [1.807, 2.05) is 18.3 Å². The lowest BCUT2D eigenvalue weighted by atomic mass is 9.95. The van der Waals surface area contributed by atoms with E-state index < -0.39 is 0 Å². The van der Waals surface area contributed by atoms with Crippen LogP contribution in [-0.2, 0) is 0 Å². The van der Waals surface area contributed by atoms with Crippen LogP contribution in [-0.4, -0.2) is 39.5 Å². The summed E-state index contributed by atoms with van der Waals surface area (Å²) in [6.45, 7) is 3.59. The molecule has 0 amide bonds. The molecule has 2 aromatic rings. The average molecular weight is 310 g/mol. The molecule has 4 rings (SSSR count). The second-order valence-corrected chi connectivity index (χ2v) is 6.62. The van der Waals surface area contributed by atoms with Gasteiger partial charge in [0.25, 0.3) is 0 Å². The van der Waals surface area contributed by atoms with Gasteiger partial charge in [-0.05, 0) is 50.3 Å². The Morgan fingerprint density at radius 3 is 2.91 bits per heavy atom. The summed E-state index contributed by atoms with van der Waals surface area (Å²) in [6.07, 6.45) is 12.2. The van der Waals surface area contributed by atoms with Gasteiger partial charge in [0.1, 0.15) is 5.75 Å². The lowest BCUT2D eigenvalue weighted by Gasteiger charge is -2.32. The second kappa shape index (κ2) is 6.62. The molecule has 23 heavy (non-hydrogen) atoms. The molecular formula is C18H22N4O. The molecule has 5 heteroatoms. The van der Waals surface area contributed by atoms with E-state index in [1.54, 1.807) is 18.6 Å². The van der Waals surface area contributed by atoms with Crippen LogP contribution in [0.3, 0.4) is 0 Å². The third-order valence-corrected chi connectivity index (χ3v) is 4.63. The van der Waals surface area contributed by atoms with Crippen molar-refractivity contribution in [3.63, 3.8) is 0 Å². The minimum absolute atomic E-state index is 0.465. The molecule has 1 aliphatic carbocycles. The summed E-state index contributed by atoms with van der Waals surface area (Å²) in [5.74, 6) is 2.65. The van der Waals surface area contributed by atoms with Crippen LogP contribution in [0.1, 0.15) is 37.3 Å². The smallest absolute Gasteiger partial charge is 0.238 e. The number of ether oxygens (including phenoxy) is 1. The molecule has 2 aliphatic rings. The van der Waals surface area contributed by atoms with Crippen molar-refractivity contribution >= 4 is 0 Å². The quantitative estimate of drug-likeness (QED) is 0.848. The third-order valence-electron chi connectivity index (χ3n) is 4.63. The maximum absolute atomic E-state index is 5.76. The van der Waals surface area contributed by atoms with Crippen LogP contribution in [0.5, 0.6) is 11.6 Å². The van der Waals surface area contributed by atoms with Crippen molar-refractivity contribution < 1.29 is 4.74 Å². The SMILES string of the molecule is c1cncc(Oc2cncc(C3CCCN(CC4CC4)C3)n2)c1. The minimum Gasteiger partial charge on any atom is -0.436 e. The van der Waals surface area contributed by atoms with E-state index in [1.165, 1.54) is 38.8 Å². The molecule has 1 aliphatic heterocycles. The van der Waals surface area contributed by atoms with E-state index in [9.17, 15) is 0 Å². The Bertz CT molecular complexity index is 644. The highest BCUT2D eigenvalue weighted by Crippen LogP contribution is 2.33. The molecule has 5 nitrogen and oxygen atoms in total. The van der Waals surface area contributed by atoms with Gasteiger partial charge >= 0.3 is 0 Å². The zero-order chi connectivity index (χ0) is 15.5. The van der Waals surface area contributed by atoms with E-state index in [0.29, 0.717) is 17.5 Å². The monoisotopic (exact) mass is 310 g/mol. The molecule has 2 aromatic heterocycles. The molecule has 3 heterocycles. The van der Waals surface area contributed by atoms with E-state index >= 15 is 0 Å². The highest BCUT2D eigenvalue weighted by Gasteiger charge is 2.28. The first-order valence-electron chi connectivity index (χ1n) is 8.49. The Kier molecular flexibility index (Phi) is 4.20. The maximum Gasteiger partial charge on any atom is 0.238 e. The molecule has 120 valence electrons. The molecule has 0 spiro atoms. The van der Waals surface area contributed by atoms with E-state index in [4.69, 9.17) is 4.74 Å². The van der Waals surface area contributed by atoms with Gasteiger partial charge in [-0.25, -0.2) is 4.98 Å². The summed E-state index contributed by atoms with van der Waals surface area (Å²) in [4.78, 5) is 15.7. The Morgan fingerprint density at radius 1 is 1.13 bits per heavy atom. The molecule has 0 aromatic carbocycles. The molecule has 1 saturated heterocycles. The van der Waals surface area contributed by atoms with Gasteiger partial charge in [0, 0.05) is 31.4 Å². The van der Waals surface area contributed by atoms with E-state index in [2.05, 4.69) is 19.9 Å². The number of pyridine rings is 1. The summed E-state index contributed by atoms with van der Waals surface area (Å²) in [5.41, 5.74) is 1.05. The fourth-order valence-corrected chi connectivity index (χ4v) is 3.26. The van der Waals surface area contributed by atoms with Crippen molar-refractivity contribution in [2.45, 2.75) is 31.6 Å². The van der Waals surface area contributed by atoms with Crippen LogP contribution in [0.25, 0.3) is 0 Å². The highest BCUT2D eigenvalue weighted by molar-refractivity contribution is 5.23. The first kappa shape index (κ1) is 14.6. The van der Waals surface area contributed by atoms with Gasteiger partial charge in [-0.2, -0.15) is 0 Å². The zero-order valence-electron chi connectivity index (χ0n) is 13.3. The third kappa shape index (κ3) is 3.85. The number of likely N-dealkylation sites (tertiary alicyclic amines) is 1. The second-order valence-electron chi connectivity index (χ2n) is 6.62.